The second-order valence-electron chi connectivity index (χ2n) is 17.5. The van der Waals surface area contributed by atoms with Crippen LogP contribution in [0.4, 0.5) is 5.82 Å². The first-order valence-electron chi connectivity index (χ1n) is 22.9. The number of carbonyl (C=O) groups is 3. The van der Waals surface area contributed by atoms with Crippen molar-refractivity contribution in [1.29, 1.82) is 0 Å². The van der Waals surface area contributed by atoms with E-state index in [1.54, 1.807) is 0 Å². The number of thioether (sulfide) groups is 1. The summed E-state index contributed by atoms with van der Waals surface area (Å²) in [6, 6.07) is 0. The highest BCUT2D eigenvalue weighted by atomic mass is 32.2. The van der Waals surface area contributed by atoms with E-state index in [1.165, 1.54) is 84.5 Å². The Morgan fingerprint density at radius 2 is 1.51 bits per heavy atom. The summed E-state index contributed by atoms with van der Waals surface area (Å²) in [7, 11) is -17.6. The normalized spacial score (nSPS) is 20.4. The van der Waals surface area contributed by atoms with Gasteiger partial charge in [0.15, 0.2) is 22.8 Å². The molecule has 1 saturated heterocycles. The zero-order valence-corrected chi connectivity index (χ0v) is 42.6. The summed E-state index contributed by atoms with van der Waals surface area (Å²) in [5.74, 6) is -0.306. The summed E-state index contributed by atoms with van der Waals surface area (Å²) in [4.78, 5) is 96.9. The number of nitrogens with two attached hydrogens (primary N) is 1. The number of aliphatic hydroxyl groups is 2. The Morgan fingerprint density at radius 1 is 0.897 bits per heavy atom. The van der Waals surface area contributed by atoms with Crippen molar-refractivity contribution >= 4 is 69.1 Å². The highest BCUT2D eigenvalue weighted by Crippen LogP contribution is 2.56. The first kappa shape index (κ1) is 59.9. The van der Waals surface area contributed by atoms with Gasteiger partial charge < -0.3 is 69.0 Å². The second kappa shape index (κ2) is 29.2. The van der Waals surface area contributed by atoms with Crippen molar-refractivity contribution in [3.8, 4) is 0 Å². The summed E-state index contributed by atoms with van der Waals surface area (Å²) < 4.78 is 60.8. The number of carbonyl (C=O) groups excluding carboxylic acids is 3. The van der Waals surface area contributed by atoms with Crippen LogP contribution in [0.1, 0.15) is 137 Å². The van der Waals surface area contributed by atoms with Crippen LogP contribution < -0.4 is 35.9 Å². The van der Waals surface area contributed by atoms with Crippen molar-refractivity contribution in [3.63, 3.8) is 0 Å². The van der Waals surface area contributed by atoms with Crippen LogP contribution in [-0.2, 0) is 50.7 Å². The maximum atomic E-state index is 12.6. The molecule has 1 aliphatic heterocycles. The molecule has 0 spiro atoms. The van der Waals surface area contributed by atoms with E-state index >= 15 is 0 Å². The first-order chi connectivity index (χ1) is 31.9. The predicted octanol–water partition coefficient (Wildman–Crippen LogP) is 2.64. The number of fused-ring (bicyclic) bond motifs is 1. The third kappa shape index (κ3) is 21.9. The van der Waals surface area contributed by atoms with E-state index in [-0.39, 0.29) is 41.6 Å². The number of rotatable bonds is 35. The molecule has 390 valence electrons. The van der Waals surface area contributed by atoms with E-state index in [9.17, 15) is 57.9 Å². The van der Waals surface area contributed by atoms with Crippen LogP contribution >= 0.6 is 35.2 Å². The Labute approximate surface area is 401 Å². The Bertz CT molecular complexity index is 2030. The average Bonchev–Trinajstić information content (AvgIpc) is 3.82. The number of aliphatic hydroxyl groups excluding tert-OH is 2. The summed E-state index contributed by atoms with van der Waals surface area (Å²) in [6.07, 6.45) is 10.1. The van der Waals surface area contributed by atoms with Crippen LogP contribution in [0.5, 0.6) is 0 Å². The van der Waals surface area contributed by atoms with Crippen molar-refractivity contribution < 1.29 is 80.5 Å². The number of phosphoric acid groups is 3. The standard InChI is InChI=1S/C40H72N7O17P3S/c1-5-6-7-14-17-28(2)18-15-12-10-8-9-11-13-16-19-31(49)68-23-22-42-30(48)20-21-43-38(52)35(51)40(3,4)25-61-67(58,59)64-66(56,57)60-24-29-34(63-65(53,54)55)33(50)39(62-29)47-27-46-32-36(41)44-26-45-37(32)47/h26-29,33-35,39,50-51H,5-25H2,1-4H3,(H,42,48)(H,43,52)(H,56,57)(H,58,59)(H2,41,44,45)(H2,53,54,55)/p-4/t28?,29-,33-,34-,35+,39-/m1/s1. The van der Waals surface area contributed by atoms with Gasteiger partial charge in [-0.15, -0.1) is 0 Å². The maximum Gasteiger partial charge on any atom is 0.274 e. The molecule has 28 heteroatoms. The smallest absolute Gasteiger partial charge is 0.274 e. The number of nitrogen functional groups attached to an aromatic ring is 1. The molecule has 3 heterocycles. The SMILES string of the molecule is CCCCCCC(C)CCCCCCCCCCC(=O)SCCNC(=O)CCNC(=O)[C@H](O)C(C)(C)COP(=O)([O-])OP(=O)([O-])OC[C@H]1O[C@@H](n2cnc3c(N)ncnc32)[C@H](O)[C@@H]1OP(=O)([O-])[O-]. The van der Waals surface area contributed by atoms with Gasteiger partial charge in [-0.05, 0) is 12.3 Å². The fourth-order valence-corrected chi connectivity index (χ4v) is 10.7. The number of amides is 2. The minimum atomic E-state index is -5.92. The van der Waals surface area contributed by atoms with E-state index in [4.69, 9.17) is 10.5 Å². The van der Waals surface area contributed by atoms with Gasteiger partial charge in [0.1, 0.15) is 36.3 Å². The largest absolute Gasteiger partial charge is 0.790 e. The molecule has 24 nitrogen and oxygen atoms in total. The van der Waals surface area contributed by atoms with Gasteiger partial charge in [0.05, 0.1) is 27.4 Å². The second-order valence-corrected chi connectivity index (χ2v) is 22.7. The van der Waals surface area contributed by atoms with Crippen molar-refractivity contribution in [1.82, 2.24) is 30.2 Å². The molecule has 1 aliphatic rings. The number of aromatic nitrogens is 4. The number of nitrogens with zero attached hydrogens (tertiary/aromatic N) is 4. The van der Waals surface area contributed by atoms with Gasteiger partial charge in [0, 0.05) is 37.1 Å². The van der Waals surface area contributed by atoms with Crippen LogP contribution in [-0.4, -0.2) is 103 Å². The molecule has 3 unspecified atom stereocenters. The average molecular weight is 1040 g/mol. The summed E-state index contributed by atoms with van der Waals surface area (Å²) in [5.41, 5.74) is 4.10. The van der Waals surface area contributed by atoms with E-state index in [1.807, 2.05) is 0 Å². The number of ether oxygens (including phenoxy) is 1. The minimum Gasteiger partial charge on any atom is -0.790 e. The maximum absolute atomic E-state index is 12.6. The number of phosphoric ester groups is 3. The lowest BCUT2D eigenvalue weighted by molar-refractivity contribution is -0.347. The minimum absolute atomic E-state index is 0.0180. The number of unbranched alkanes of at least 4 members (excludes halogenated alkanes) is 10. The molecular weight excluding hydrogens is 975 g/mol. The molecule has 8 atom stereocenters. The van der Waals surface area contributed by atoms with E-state index in [0.717, 1.165) is 54.2 Å². The number of nitrogens with one attached hydrogen (secondary N) is 2. The lowest BCUT2D eigenvalue weighted by Gasteiger charge is -2.36. The topological polar surface area (TPSA) is 375 Å². The Balaban J connectivity index is 1.29. The number of hydrogen-bond donors (Lipinski definition) is 5. The van der Waals surface area contributed by atoms with Gasteiger partial charge in [0.25, 0.3) is 15.6 Å². The number of anilines is 1. The summed E-state index contributed by atoms with van der Waals surface area (Å²) >= 11 is 1.15. The lowest BCUT2D eigenvalue weighted by Crippen LogP contribution is -2.46. The predicted molar refractivity (Wildman–Crippen MR) is 242 cm³/mol. The molecule has 0 aromatic carbocycles. The van der Waals surface area contributed by atoms with E-state index < -0.39 is 84.6 Å². The van der Waals surface area contributed by atoms with Gasteiger partial charge in [-0.3, -0.25) is 28.1 Å². The number of imidazole rings is 1. The highest BCUT2D eigenvalue weighted by molar-refractivity contribution is 8.13. The molecule has 2 amide bonds. The molecule has 1 fully saturated rings. The molecule has 0 radical (unpaired) electrons. The quantitative estimate of drug-likeness (QED) is 0.0489. The van der Waals surface area contributed by atoms with Gasteiger partial charge in [-0.1, -0.05) is 123 Å². The van der Waals surface area contributed by atoms with Crippen LogP contribution in [0.3, 0.4) is 0 Å². The third-order valence-electron chi connectivity index (χ3n) is 11.1. The van der Waals surface area contributed by atoms with Gasteiger partial charge in [0.2, 0.25) is 11.8 Å². The molecular formula is C40H68N7O17P3S-4. The molecule has 2 aromatic heterocycles. The molecule has 68 heavy (non-hydrogen) atoms. The molecule has 6 N–H and O–H groups in total. The Morgan fingerprint density at radius 3 is 2.16 bits per heavy atom. The Kier molecular flexibility index (Phi) is 25.7. The van der Waals surface area contributed by atoms with Crippen molar-refractivity contribution in [2.24, 2.45) is 11.3 Å². The highest BCUT2D eigenvalue weighted by Gasteiger charge is 2.47. The monoisotopic (exact) mass is 1040 g/mol. The van der Waals surface area contributed by atoms with E-state index in [2.05, 4.69) is 57.3 Å². The van der Waals surface area contributed by atoms with Crippen LogP contribution in [0, 0.1) is 11.3 Å². The van der Waals surface area contributed by atoms with Gasteiger partial charge in [-0.2, -0.15) is 0 Å². The summed E-state index contributed by atoms with van der Waals surface area (Å²) in [6.45, 7) is 4.79. The molecule has 3 rings (SSSR count). The van der Waals surface area contributed by atoms with Crippen molar-refractivity contribution in [2.75, 3.05) is 37.8 Å². The third-order valence-corrected chi connectivity index (χ3v) is 15.1. The molecule has 0 saturated carbocycles. The van der Waals surface area contributed by atoms with E-state index in [0.29, 0.717) is 12.2 Å². The molecule has 0 aliphatic carbocycles. The fraction of sp³-hybridized carbons (Fsp3) is 0.800. The Hall–Kier alpha value is -2.44. The zero-order valence-electron chi connectivity index (χ0n) is 39.1. The summed E-state index contributed by atoms with van der Waals surface area (Å²) in [5, 5.41) is 26.5. The number of hydrogen-bond acceptors (Lipinski definition) is 22. The van der Waals surface area contributed by atoms with Crippen molar-refractivity contribution in [3.05, 3.63) is 12.7 Å². The van der Waals surface area contributed by atoms with Gasteiger partial charge in [-0.25, -0.2) is 19.3 Å². The van der Waals surface area contributed by atoms with Crippen molar-refractivity contribution in [2.45, 2.75) is 161 Å². The van der Waals surface area contributed by atoms with Crippen LogP contribution in [0.2, 0.25) is 0 Å². The molecule has 2 aromatic rings. The van der Waals surface area contributed by atoms with Crippen LogP contribution in [0.25, 0.3) is 11.2 Å². The van der Waals surface area contributed by atoms with Gasteiger partial charge >= 0.3 is 0 Å². The lowest BCUT2D eigenvalue weighted by atomic mass is 9.87. The zero-order chi connectivity index (χ0) is 50.5. The fourth-order valence-electron chi connectivity index (χ4n) is 7.23. The first-order valence-corrected chi connectivity index (χ1v) is 28.3. The van der Waals surface area contributed by atoms with Crippen LogP contribution in [0.15, 0.2) is 12.7 Å². The molecule has 0 bridgehead atoms.